The third-order valence-electron chi connectivity index (χ3n) is 3.30. The van der Waals surface area contributed by atoms with E-state index in [0.29, 0.717) is 19.7 Å². The number of nitrogens with one attached hydrogen (secondary N) is 2. The average Bonchev–Trinajstić information content (AvgIpc) is 2.64. The predicted octanol–water partition coefficient (Wildman–Crippen LogP) is 3.45. The summed E-state index contributed by atoms with van der Waals surface area (Å²) in [6.07, 6.45) is 0. The number of aliphatic imine (C=N–C) groups is 1. The molecule has 0 spiro atoms. The lowest BCUT2D eigenvalue weighted by atomic mass is 10.2. The van der Waals surface area contributed by atoms with E-state index in [2.05, 4.69) is 15.6 Å². The summed E-state index contributed by atoms with van der Waals surface area (Å²) in [5.74, 6) is 2.49. The van der Waals surface area contributed by atoms with Crippen LogP contribution in [0.1, 0.15) is 12.5 Å². The minimum absolute atomic E-state index is 0. The molecule has 0 aromatic heterocycles. The molecule has 0 fully saturated rings. The maximum Gasteiger partial charge on any atom is 0.191 e. The maximum absolute atomic E-state index is 5.67. The monoisotopic (exact) mass is 455 g/mol. The molecule has 0 amide bonds. The molecule has 0 heterocycles. The minimum Gasteiger partial charge on any atom is -0.497 e. The Labute approximate surface area is 166 Å². The van der Waals surface area contributed by atoms with Crippen molar-refractivity contribution in [2.75, 3.05) is 26.8 Å². The highest BCUT2D eigenvalue weighted by Gasteiger charge is 1.99. The van der Waals surface area contributed by atoms with Crippen LogP contribution in [-0.2, 0) is 6.54 Å². The Kier molecular flexibility index (Phi) is 10.5. The van der Waals surface area contributed by atoms with Crippen molar-refractivity contribution in [3.63, 3.8) is 0 Å². The van der Waals surface area contributed by atoms with Gasteiger partial charge in [-0.15, -0.1) is 24.0 Å². The van der Waals surface area contributed by atoms with Gasteiger partial charge in [-0.05, 0) is 36.8 Å². The zero-order valence-electron chi connectivity index (χ0n) is 14.7. The van der Waals surface area contributed by atoms with Crippen molar-refractivity contribution in [2.24, 2.45) is 4.99 Å². The smallest absolute Gasteiger partial charge is 0.191 e. The maximum atomic E-state index is 5.67. The van der Waals surface area contributed by atoms with E-state index in [9.17, 15) is 0 Å². The van der Waals surface area contributed by atoms with Gasteiger partial charge in [-0.1, -0.05) is 30.3 Å². The van der Waals surface area contributed by atoms with Crippen molar-refractivity contribution in [1.29, 1.82) is 0 Å². The van der Waals surface area contributed by atoms with Crippen LogP contribution in [0.2, 0.25) is 0 Å². The van der Waals surface area contributed by atoms with E-state index in [4.69, 9.17) is 9.47 Å². The van der Waals surface area contributed by atoms with Crippen LogP contribution >= 0.6 is 24.0 Å². The van der Waals surface area contributed by atoms with Crippen LogP contribution in [0.15, 0.2) is 59.6 Å². The summed E-state index contributed by atoms with van der Waals surface area (Å²) in [5, 5.41) is 6.50. The molecular weight excluding hydrogens is 429 g/mol. The van der Waals surface area contributed by atoms with Gasteiger partial charge in [0.15, 0.2) is 5.96 Å². The number of rotatable bonds is 8. The fraction of sp³-hybridized carbons (Fsp3) is 0.316. The van der Waals surface area contributed by atoms with E-state index in [0.717, 1.165) is 29.6 Å². The molecule has 0 saturated carbocycles. The summed E-state index contributed by atoms with van der Waals surface area (Å²) in [6.45, 7) is 4.70. The van der Waals surface area contributed by atoms with Crippen molar-refractivity contribution in [3.05, 3.63) is 60.2 Å². The highest BCUT2D eigenvalue weighted by Crippen LogP contribution is 2.13. The molecule has 0 atom stereocenters. The zero-order chi connectivity index (χ0) is 17.0. The number of benzene rings is 2. The molecule has 0 aliphatic heterocycles. The molecule has 0 aliphatic rings. The van der Waals surface area contributed by atoms with E-state index in [-0.39, 0.29) is 24.0 Å². The van der Waals surface area contributed by atoms with Crippen LogP contribution < -0.4 is 20.1 Å². The van der Waals surface area contributed by atoms with Crippen LogP contribution in [0.3, 0.4) is 0 Å². The van der Waals surface area contributed by atoms with Crippen molar-refractivity contribution in [1.82, 2.24) is 10.6 Å². The molecule has 25 heavy (non-hydrogen) atoms. The number of guanidine groups is 1. The van der Waals surface area contributed by atoms with Gasteiger partial charge in [0.05, 0.1) is 20.2 Å². The second kappa shape index (κ2) is 12.4. The van der Waals surface area contributed by atoms with Gasteiger partial charge in [0.25, 0.3) is 0 Å². The summed E-state index contributed by atoms with van der Waals surface area (Å²) in [7, 11) is 1.67. The summed E-state index contributed by atoms with van der Waals surface area (Å²) in [4.78, 5) is 4.59. The molecule has 0 bridgehead atoms. The van der Waals surface area contributed by atoms with E-state index in [1.807, 2.05) is 61.5 Å². The zero-order valence-corrected chi connectivity index (χ0v) is 17.0. The van der Waals surface area contributed by atoms with E-state index >= 15 is 0 Å². The SMILES string of the molecule is CCNC(=NCc1cccc(OC)c1)NCCOc1ccccc1.I. The first-order chi connectivity index (χ1) is 11.8. The Balaban J connectivity index is 0.00000312. The highest BCUT2D eigenvalue weighted by molar-refractivity contribution is 14.0. The Morgan fingerprint density at radius 1 is 1.00 bits per heavy atom. The van der Waals surface area contributed by atoms with Crippen molar-refractivity contribution >= 4 is 29.9 Å². The molecular formula is C19H26IN3O2. The van der Waals surface area contributed by atoms with Gasteiger partial charge in [-0.25, -0.2) is 4.99 Å². The van der Waals surface area contributed by atoms with E-state index < -0.39 is 0 Å². The molecule has 0 saturated heterocycles. The molecule has 5 nitrogen and oxygen atoms in total. The van der Waals surface area contributed by atoms with Crippen LogP contribution in [0.25, 0.3) is 0 Å². The molecule has 136 valence electrons. The number of para-hydroxylation sites is 1. The van der Waals surface area contributed by atoms with Crippen molar-refractivity contribution in [2.45, 2.75) is 13.5 Å². The van der Waals surface area contributed by atoms with Gasteiger partial charge in [-0.3, -0.25) is 0 Å². The molecule has 0 aliphatic carbocycles. The van der Waals surface area contributed by atoms with E-state index in [1.54, 1.807) is 7.11 Å². The normalized spacial score (nSPS) is 10.6. The summed E-state index contributed by atoms with van der Waals surface area (Å²) in [5.41, 5.74) is 1.10. The predicted molar refractivity (Wildman–Crippen MR) is 113 cm³/mol. The first-order valence-corrected chi connectivity index (χ1v) is 8.14. The number of hydrogen-bond acceptors (Lipinski definition) is 3. The minimum atomic E-state index is 0. The van der Waals surface area contributed by atoms with Gasteiger partial charge in [0, 0.05) is 6.54 Å². The molecule has 2 aromatic rings. The van der Waals surface area contributed by atoms with Crippen LogP contribution in [0.4, 0.5) is 0 Å². The Bertz CT molecular complexity index is 636. The highest BCUT2D eigenvalue weighted by atomic mass is 127. The van der Waals surface area contributed by atoms with Gasteiger partial charge in [0.1, 0.15) is 18.1 Å². The number of methoxy groups -OCH3 is 1. The lowest BCUT2D eigenvalue weighted by Gasteiger charge is -2.12. The molecule has 0 radical (unpaired) electrons. The standard InChI is InChI=1S/C19H25N3O2.HI/c1-3-20-19(21-12-13-24-17-9-5-4-6-10-17)22-15-16-8-7-11-18(14-16)23-2;/h4-11,14H,3,12-13,15H2,1-2H3,(H2,20,21,22);1H. The number of halogens is 1. The van der Waals surface area contributed by atoms with Crippen molar-refractivity contribution < 1.29 is 9.47 Å². The number of ether oxygens (including phenoxy) is 2. The largest absolute Gasteiger partial charge is 0.497 e. The summed E-state index contributed by atoms with van der Waals surface area (Å²) < 4.78 is 10.9. The number of hydrogen-bond donors (Lipinski definition) is 2. The molecule has 2 aromatic carbocycles. The fourth-order valence-electron chi connectivity index (χ4n) is 2.14. The molecule has 6 heteroatoms. The van der Waals surface area contributed by atoms with Crippen molar-refractivity contribution in [3.8, 4) is 11.5 Å². The lowest BCUT2D eigenvalue weighted by molar-refractivity contribution is 0.322. The van der Waals surface area contributed by atoms with Gasteiger partial charge < -0.3 is 20.1 Å². The first kappa shape index (κ1) is 21.1. The molecule has 2 N–H and O–H groups in total. The molecule has 2 rings (SSSR count). The third kappa shape index (κ3) is 8.11. The van der Waals surface area contributed by atoms with Crippen LogP contribution in [0, 0.1) is 0 Å². The van der Waals surface area contributed by atoms with E-state index in [1.165, 1.54) is 0 Å². The van der Waals surface area contributed by atoms with Gasteiger partial charge in [-0.2, -0.15) is 0 Å². The van der Waals surface area contributed by atoms with Gasteiger partial charge >= 0.3 is 0 Å². The first-order valence-electron chi connectivity index (χ1n) is 8.14. The lowest BCUT2D eigenvalue weighted by Crippen LogP contribution is -2.39. The van der Waals surface area contributed by atoms with Crippen LogP contribution in [-0.4, -0.2) is 32.8 Å². The van der Waals surface area contributed by atoms with Crippen LogP contribution in [0.5, 0.6) is 11.5 Å². The topological polar surface area (TPSA) is 54.9 Å². The summed E-state index contributed by atoms with van der Waals surface area (Å²) >= 11 is 0. The van der Waals surface area contributed by atoms with Gasteiger partial charge in [0.2, 0.25) is 0 Å². The fourth-order valence-corrected chi connectivity index (χ4v) is 2.14. The second-order valence-corrected chi connectivity index (χ2v) is 5.13. The third-order valence-corrected chi connectivity index (χ3v) is 3.30. The summed E-state index contributed by atoms with van der Waals surface area (Å²) in [6, 6.07) is 17.7. The molecule has 0 unspecified atom stereocenters. The number of nitrogens with zero attached hydrogens (tertiary/aromatic N) is 1. The Morgan fingerprint density at radius 3 is 2.48 bits per heavy atom. The Morgan fingerprint density at radius 2 is 1.76 bits per heavy atom. The quantitative estimate of drug-likeness (QED) is 0.277. The Hall–Kier alpha value is -1.96. The second-order valence-electron chi connectivity index (χ2n) is 5.13. The average molecular weight is 455 g/mol.